The van der Waals surface area contributed by atoms with E-state index in [-0.39, 0.29) is 11.8 Å². The summed E-state index contributed by atoms with van der Waals surface area (Å²) in [6.07, 6.45) is 5.02. The lowest BCUT2D eigenvalue weighted by Gasteiger charge is -2.16. The Bertz CT molecular complexity index is 1860. The second-order valence-corrected chi connectivity index (χ2v) is 11.5. The maximum atomic E-state index is 13.2. The number of benzene rings is 2. The summed E-state index contributed by atoms with van der Waals surface area (Å²) in [7, 11) is 3.73. The average Bonchev–Trinajstić information content (AvgIpc) is 3.43. The first-order valence-corrected chi connectivity index (χ1v) is 13.9. The predicted molar refractivity (Wildman–Crippen MR) is 165 cm³/mol. The van der Waals surface area contributed by atoms with Gasteiger partial charge in [-0.1, -0.05) is 18.2 Å². The van der Waals surface area contributed by atoms with Gasteiger partial charge in [-0.3, -0.25) is 9.59 Å². The summed E-state index contributed by atoms with van der Waals surface area (Å²) in [5.41, 5.74) is 4.32. The zero-order chi connectivity index (χ0) is 30.0. The van der Waals surface area contributed by atoms with Gasteiger partial charge in [0.1, 0.15) is 10.3 Å². The maximum absolute atomic E-state index is 13.2. The Kier molecular flexibility index (Phi) is 7.65. The second-order valence-electron chi connectivity index (χ2n) is 10.5. The summed E-state index contributed by atoms with van der Waals surface area (Å²) < 4.78 is 0. The van der Waals surface area contributed by atoms with E-state index in [0.29, 0.717) is 43.8 Å². The number of anilines is 3. The first kappa shape index (κ1) is 28.3. The lowest BCUT2D eigenvalue weighted by Crippen LogP contribution is -2.17. The number of rotatable bonds is 7. The maximum Gasteiger partial charge on any atom is 0.265 e. The van der Waals surface area contributed by atoms with Crippen LogP contribution in [0, 0.1) is 18.3 Å². The molecule has 10 nitrogen and oxygen atoms in total. The molecule has 2 N–H and O–H groups in total. The van der Waals surface area contributed by atoms with E-state index in [1.54, 1.807) is 68.8 Å². The van der Waals surface area contributed by atoms with Gasteiger partial charge >= 0.3 is 0 Å². The van der Waals surface area contributed by atoms with Crippen molar-refractivity contribution in [1.82, 2.24) is 19.9 Å². The molecule has 0 fully saturated rings. The smallest absolute Gasteiger partial charge is 0.265 e. The zero-order valence-electron chi connectivity index (χ0n) is 23.8. The number of nitriles is 1. The highest BCUT2D eigenvalue weighted by atomic mass is 32.1. The quantitative estimate of drug-likeness (QED) is 0.247. The molecule has 0 atom stereocenters. The van der Waals surface area contributed by atoms with Gasteiger partial charge in [0.15, 0.2) is 0 Å². The van der Waals surface area contributed by atoms with Crippen LogP contribution < -0.4 is 15.5 Å². The molecule has 0 saturated carbocycles. The van der Waals surface area contributed by atoms with Gasteiger partial charge in [-0.2, -0.15) is 5.26 Å². The van der Waals surface area contributed by atoms with Gasteiger partial charge < -0.3 is 15.5 Å². The third-order valence-corrected chi connectivity index (χ3v) is 7.70. The first-order chi connectivity index (χ1) is 20.0. The van der Waals surface area contributed by atoms with Crippen LogP contribution in [0.25, 0.3) is 21.6 Å². The van der Waals surface area contributed by atoms with Crippen molar-refractivity contribution in [3.05, 3.63) is 88.7 Å². The van der Waals surface area contributed by atoms with Crippen molar-refractivity contribution in [2.75, 3.05) is 29.6 Å². The Hall–Kier alpha value is -5.21. The van der Waals surface area contributed by atoms with E-state index in [2.05, 4.69) is 36.6 Å². The third-order valence-electron chi connectivity index (χ3n) is 6.67. The minimum absolute atomic E-state index is 0.307. The molecule has 3 heterocycles. The van der Waals surface area contributed by atoms with Crippen LogP contribution >= 0.6 is 11.3 Å². The molecule has 42 heavy (non-hydrogen) atoms. The van der Waals surface area contributed by atoms with Gasteiger partial charge in [0.25, 0.3) is 11.8 Å². The van der Waals surface area contributed by atoms with Crippen LogP contribution in [0.3, 0.4) is 0 Å². The average molecular weight is 577 g/mol. The van der Waals surface area contributed by atoms with Crippen LogP contribution in [0.2, 0.25) is 0 Å². The fraction of sp³-hybridized carbons (Fsp3) is 0.194. The number of nitrogens with one attached hydrogen (secondary N) is 2. The highest BCUT2D eigenvalue weighted by Crippen LogP contribution is 2.28. The van der Waals surface area contributed by atoms with E-state index in [0.717, 1.165) is 16.7 Å². The lowest BCUT2D eigenvalue weighted by molar-refractivity contribution is 0.102. The number of aryl methyl sites for hydroxylation is 1. The number of carbonyl (C=O) groups excluding carboxylic acids is 2. The van der Waals surface area contributed by atoms with Crippen molar-refractivity contribution in [2.45, 2.75) is 26.2 Å². The fourth-order valence-electron chi connectivity index (χ4n) is 4.09. The molecular weight excluding hydrogens is 548 g/mol. The van der Waals surface area contributed by atoms with E-state index in [9.17, 15) is 14.9 Å². The molecule has 2 aromatic carbocycles. The molecule has 210 valence electrons. The molecule has 5 rings (SSSR count). The van der Waals surface area contributed by atoms with Gasteiger partial charge in [-0.25, -0.2) is 19.9 Å². The van der Waals surface area contributed by atoms with Gasteiger partial charge in [0.05, 0.1) is 28.3 Å². The highest BCUT2D eigenvalue weighted by Gasteiger charge is 2.21. The number of thiophene rings is 1. The van der Waals surface area contributed by atoms with E-state index in [1.807, 2.05) is 38.1 Å². The van der Waals surface area contributed by atoms with Crippen molar-refractivity contribution in [3.8, 4) is 17.3 Å². The molecule has 2 amide bonds. The Morgan fingerprint density at radius 2 is 1.71 bits per heavy atom. The Morgan fingerprint density at radius 3 is 2.43 bits per heavy atom. The Morgan fingerprint density at radius 1 is 0.952 bits per heavy atom. The SMILES string of the molecule is Cc1ccc(NC(=O)c2cccc(C(C)(C)C#N)c2)cc1NC(=O)c1cc2nc(-c3cnc(N(C)C)nc3)cnc2s1. The van der Waals surface area contributed by atoms with Gasteiger partial charge in [-0.15, -0.1) is 11.3 Å². The van der Waals surface area contributed by atoms with Crippen LogP contribution in [-0.2, 0) is 5.41 Å². The number of hydrogen-bond donors (Lipinski definition) is 2. The minimum Gasteiger partial charge on any atom is -0.347 e. The van der Waals surface area contributed by atoms with E-state index in [1.165, 1.54) is 11.3 Å². The van der Waals surface area contributed by atoms with Crippen molar-refractivity contribution in [2.24, 2.45) is 0 Å². The Labute approximate surface area is 247 Å². The molecule has 3 aromatic heterocycles. The molecule has 11 heteroatoms. The van der Waals surface area contributed by atoms with Crippen molar-refractivity contribution in [3.63, 3.8) is 0 Å². The monoisotopic (exact) mass is 576 g/mol. The van der Waals surface area contributed by atoms with Crippen molar-refractivity contribution in [1.29, 1.82) is 5.26 Å². The van der Waals surface area contributed by atoms with E-state index >= 15 is 0 Å². The number of fused-ring (bicyclic) bond motifs is 1. The Balaban J connectivity index is 1.32. The molecule has 0 aliphatic carbocycles. The lowest BCUT2D eigenvalue weighted by atomic mass is 9.85. The molecular formula is C31H28N8O2S. The summed E-state index contributed by atoms with van der Waals surface area (Å²) in [6, 6.07) is 16.3. The summed E-state index contributed by atoms with van der Waals surface area (Å²) >= 11 is 1.24. The topological polar surface area (TPSA) is 137 Å². The largest absolute Gasteiger partial charge is 0.347 e. The summed E-state index contributed by atoms with van der Waals surface area (Å²) in [5.74, 6) is -0.0287. The molecule has 0 unspecified atom stereocenters. The number of aromatic nitrogens is 4. The molecule has 5 aromatic rings. The second kappa shape index (κ2) is 11.3. The standard InChI is InChI=1S/C31H28N8O2S/c1-18-9-10-22(36-27(40)19-7-6-8-21(11-19)31(2,3)17-32)12-23(18)38-28(41)26-13-24-29(42-26)33-16-25(37-24)20-14-34-30(35-15-20)39(4)5/h6-16H,1-5H3,(H,36,40)(H,38,41). The number of hydrogen-bond acceptors (Lipinski definition) is 9. The predicted octanol–water partition coefficient (Wildman–Crippen LogP) is 5.83. The molecule has 0 aliphatic heterocycles. The summed E-state index contributed by atoms with van der Waals surface area (Å²) in [4.78, 5) is 46.9. The molecule has 0 aliphatic rings. The van der Waals surface area contributed by atoms with Crippen LogP contribution in [0.15, 0.2) is 67.1 Å². The highest BCUT2D eigenvalue weighted by molar-refractivity contribution is 7.20. The minimum atomic E-state index is -0.719. The van der Waals surface area contributed by atoms with Crippen LogP contribution in [0.5, 0.6) is 0 Å². The molecule has 0 radical (unpaired) electrons. The first-order valence-electron chi connectivity index (χ1n) is 13.1. The van der Waals surface area contributed by atoms with Crippen LogP contribution in [-0.4, -0.2) is 45.8 Å². The molecule has 0 bridgehead atoms. The number of nitrogens with zero attached hydrogens (tertiary/aromatic N) is 6. The summed E-state index contributed by atoms with van der Waals surface area (Å²) in [6.45, 7) is 5.48. The van der Waals surface area contributed by atoms with Gasteiger partial charge in [0, 0.05) is 49.0 Å². The fourth-order valence-corrected chi connectivity index (χ4v) is 4.93. The van der Waals surface area contributed by atoms with Crippen LogP contribution in [0.4, 0.5) is 17.3 Å². The molecule has 0 spiro atoms. The van der Waals surface area contributed by atoms with Gasteiger partial charge in [-0.05, 0) is 62.2 Å². The van der Waals surface area contributed by atoms with E-state index in [4.69, 9.17) is 0 Å². The van der Waals surface area contributed by atoms with Crippen molar-refractivity contribution < 1.29 is 9.59 Å². The molecule has 0 saturated heterocycles. The normalized spacial score (nSPS) is 11.1. The summed E-state index contributed by atoms with van der Waals surface area (Å²) in [5, 5.41) is 15.3. The number of carbonyl (C=O) groups is 2. The number of amides is 2. The van der Waals surface area contributed by atoms with E-state index < -0.39 is 5.41 Å². The van der Waals surface area contributed by atoms with Crippen molar-refractivity contribution >= 4 is 50.8 Å². The zero-order valence-corrected chi connectivity index (χ0v) is 24.6. The van der Waals surface area contributed by atoms with Crippen LogP contribution in [0.1, 0.15) is 45.0 Å². The van der Waals surface area contributed by atoms with Gasteiger partial charge in [0.2, 0.25) is 5.95 Å². The third kappa shape index (κ3) is 5.94.